The van der Waals surface area contributed by atoms with Gasteiger partial charge in [0.25, 0.3) is 0 Å². The van der Waals surface area contributed by atoms with Crippen LogP contribution in [0.1, 0.15) is 17.0 Å². The van der Waals surface area contributed by atoms with Crippen LogP contribution in [0.5, 0.6) is 0 Å². The minimum absolute atomic E-state index is 0.0248. The highest BCUT2D eigenvalue weighted by Gasteiger charge is 2.11. The first-order chi connectivity index (χ1) is 8.90. The van der Waals surface area contributed by atoms with Gasteiger partial charge in [-0.05, 0) is 19.9 Å². The largest absolute Gasteiger partial charge is 0.397 e. The molecule has 4 nitrogen and oxygen atoms in total. The number of rotatable bonds is 3. The summed E-state index contributed by atoms with van der Waals surface area (Å²) in [6.07, 6.45) is 0. The van der Waals surface area contributed by atoms with Crippen LogP contribution in [0.15, 0.2) is 12.1 Å². The number of nitrogens with zero attached hydrogens (tertiary/aromatic N) is 2. The summed E-state index contributed by atoms with van der Waals surface area (Å²) in [5.74, 6) is -0.488. The highest BCUT2D eigenvalue weighted by atomic mass is 35.5. The molecule has 19 heavy (non-hydrogen) atoms. The van der Waals surface area contributed by atoms with Crippen LogP contribution in [-0.4, -0.2) is 9.78 Å². The second-order valence-electron chi connectivity index (χ2n) is 4.48. The van der Waals surface area contributed by atoms with Gasteiger partial charge < -0.3 is 11.1 Å². The first kappa shape index (κ1) is 13.7. The number of aromatic nitrogens is 2. The van der Waals surface area contributed by atoms with Gasteiger partial charge in [-0.1, -0.05) is 11.6 Å². The van der Waals surface area contributed by atoms with Gasteiger partial charge in [0, 0.05) is 30.9 Å². The monoisotopic (exact) mass is 282 g/mol. The molecule has 0 saturated heterocycles. The zero-order valence-electron chi connectivity index (χ0n) is 11.1. The van der Waals surface area contributed by atoms with E-state index in [1.807, 2.05) is 25.6 Å². The Bertz CT molecular complexity index is 622. The standard InChI is InChI=1S/C13H16ClFN4/c1-7-9(8(2)19(3)18-7)6-17-13-5-11(15)10(14)4-12(13)16/h4-5,17H,6,16H2,1-3H3. The van der Waals surface area contributed by atoms with E-state index < -0.39 is 5.82 Å². The molecule has 2 rings (SSSR count). The minimum Gasteiger partial charge on any atom is -0.397 e. The number of hydrogen-bond acceptors (Lipinski definition) is 3. The normalized spacial score (nSPS) is 10.8. The van der Waals surface area contributed by atoms with Gasteiger partial charge >= 0.3 is 0 Å². The molecule has 0 aliphatic rings. The maximum Gasteiger partial charge on any atom is 0.143 e. The molecule has 0 radical (unpaired) electrons. The fourth-order valence-electron chi connectivity index (χ4n) is 1.97. The van der Waals surface area contributed by atoms with Crippen molar-refractivity contribution in [1.29, 1.82) is 0 Å². The maximum atomic E-state index is 13.4. The molecule has 0 atom stereocenters. The summed E-state index contributed by atoms with van der Waals surface area (Å²) in [6.45, 7) is 4.47. The topological polar surface area (TPSA) is 55.9 Å². The lowest BCUT2D eigenvalue weighted by Crippen LogP contribution is -2.05. The fraction of sp³-hybridized carbons (Fsp3) is 0.308. The van der Waals surface area contributed by atoms with Crippen LogP contribution in [0.25, 0.3) is 0 Å². The van der Waals surface area contributed by atoms with Crippen molar-refractivity contribution in [2.75, 3.05) is 11.1 Å². The molecule has 2 aromatic rings. The van der Waals surface area contributed by atoms with Crippen molar-refractivity contribution in [2.24, 2.45) is 7.05 Å². The highest BCUT2D eigenvalue weighted by molar-refractivity contribution is 6.31. The zero-order chi connectivity index (χ0) is 14.2. The van der Waals surface area contributed by atoms with Crippen LogP contribution in [0, 0.1) is 19.7 Å². The summed E-state index contributed by atoms with van der Waals surface area (Å²) in [5.41, 5.74) is 9.85. The molecule has 0 saturated carbocycles. The number of hydrogen-bond donors (Lipinski definition) is 2. The van der Waals surface area contributed by atoms with Crippen LogP contribution in [-0.2, 0) is 13.6 Å². The van der Waals surface area contributed by atoms with Gasteiger partial charge in [0.05, 0.1) is 22.1 Å². The molecule has 1 aromatic heterocycles. The van der Waals surface area contributed by atoms with Crippen molar-refractivity contribution < 1.29 is 4.39 Å². The second kappa shape index (κ2) is 5.09. The summed E-state index contributed by atoms with van der Waals surface area (Å²) in [7, 11) is 1.89. The molecule has 0 unspecified atom stereocenters. The first-order valence-electron chi connectivity index (χ1n) is 5.87. The number of benzene rings is 1. The zero-order valence-corrected chi connectivity index (χ0v) is 11.8. The third-order valence-corrected chi connectivity index (χ3v) is 3.50. The summed E-state index contributed by atoms with van der Waals surface area (Å²) in [4.78, 5) is 0. The minimum atomic E-state index is -0.488. The molecule has 6 heteroatoms. The second-order valence-corrected chi connectivity index (χ2v) is 4.89. The Labute approximate surface area is 116 Å². The molecule has 3 N–H and O–H groups in total. The van der Waals surface area contributed by atoms with Crippen LogP contribution in [0.4, 0.5) is 15.8 Å². The van der Waals surface area contributed by atoms with Gasteiger partial charge in [0.1, 0.15) is 5.82 Å². The quantitative estimate of drug-likeness (QED) is 0.851. The lowest BCUT2D eigenvalue weighted by Gasteiger charge is -2.10. The van der Waals surface area contributed by atoms with Gasteiger partial charge in [0.2, 0.25) is 0 Å². The van der Waals surface area contributed by atoms with Gasteiger partial charge in [-0.25, -0.2) is 4.39 Å². The van der Waals surface area contributed by atoms with Gasteiger partial charge in [0.15, 0.2) is 0 Å². The maximum absolute atomic E-state index is 13.4. The first-order valence-corrected chi connectivity index (χ1v) is 6.25. The van der Waals surface area contributed by atoms with E-state index in [2.05, 4.69) is 10.4 Å². The SMILES string of the molecule is Cc1nn(C)c(C)c1CNc1cc(F)c(Cl)cc1N. The number of anilines is 2. The van der Waals surface area contributed by atoms with E-state index in [0.717, 1.165) is 17.0 Å². The molecule has 0 amide bonds. The van der Waals surface area contributed by atoms with Crippen molar-refractivity contribution >= 4 is 23.0 Å². The van der Waals surface area contributed by atoms with E-state index in [1.165, 1.54) is 12.1 Å². The molecule has 0 fully saturated rings. The lowest BCUT2D eigenvalue weighted by atomic mass is 10.2. The Morgan fingerprint density at radius 2 is 2.11 bits per heavy atom. The Balaban J connectivity index is 2.21. The van der Waals surface area contributed by atoms with E-state index in [9.17, 15) is 4.39 Å². The molecule has 0 aliphatic heterocycles. The third-order valence-electron chi connectivity index (χ3n) is 3.21. The predicted octanol–water partition coefficient (Wildman–Crippen LogP) is 3.02. The smallest absolute Gasteiger partial charge is 0.143 e. The molecular weight excluding hydrogens is 267 g/mol. The van der Waals surface area contributed by atoms with E-state index in [4.69, 9.17) is 17.3 Å². The van der Waals surface area contributed by atoms with Gasteiger partial charge in [-0.2, -0.15) is 5.10 Å². The number of halogens is 2. The lowest BCUT2D eigenvalue weighted by molar-refractivity contribution is 0.629. The fourth-order valence-corrected chi connectivity index (χ4v) is 2.14. The van der Waals surface area contributed by atoms with Crippen LogP contribution in [0.2, 0.25) is 5.02 Å². The average molecular weight is 283 g/mol. The molecule has 102 valence electrons. The Kier molecular flexibility index (Phi) is 3.66. The van der Waals surface area contributed by atoms with Gasteiger partial charge in [-0.15, -0.1) is 0 Å². The Morgan fingerprint density at radius 1 is 1.42 bits per heavy atom. The number of nitrogen functional groups attached to an aromatic ring is 1. The van der Waals surface area contributed by atoms with Gasteiger partial charge in [-0.3, -0.25) is 4.68 Å². The van der Waals surface area contributed by atoms with E-state index in [1.54, 1.807) is 0 Å². The summed E-state index contributed by atoms with van der Waals surface area (Å²) in [5, 5.41) is 7.47. The van der Waals surface area contributed by atoms with Crippen molar-refractivity contribution in [3.8, 4) is 0 Å². The van der Waals surface area contributed by atoms with Crippen LogP contribution in [0.3, 0.4) is 0 Å². The van der Waals surface area contributed by atoms with Crippen LogP contribution < -0.4 is 11.1 Å². The molecule has 0 spiro atoms. The summed E-state index contributed by atoms with van der Waals surface area (Å²) in [6, 6.07) is 2.71. The van der Waals surface area contributed by atoms with E-state index in [-0.39, 0.29) is 5.02 Å². The van der Waals surface area contributed by atoms with E-state index >= 15 is 0 Å². The summed E-state index contributed by atoms with van der Waals surface area (Å²) < 4.78 is 15.2. The molecule has 0 aliphatic carbocycles. The number of aryl methyl sites for hydroxylation is 2. The average Bonchev–Trinajstić information content (AvgIpc) is 2.57. The Morgan fingerprint density at radius 3 is 2.68 bits per heavy atom. The van der Waals surface area contributed by atoms with Crippen LogP contribution >= 0.6 is 11.6 Å². The number of nitrogens with one attached hydrogen (secondary N) is 1. The van der Waals surface area contributed by atoms with Crippen molar-refractivity contribution in [2.45, 2.75) is 20.4 Å². The number of nitrogens with two attached hydrogens (primary N) is 1. The summed E-state index contributed by atoms with van der Waals surface area (Å²) >= 11 is 5.66. The Hall–Kier alpha value is -1.75. The van der Waals surface area contributed by atoms with Crippen molar-refractivity contribution in [3.05, 3.63) is 39.9 Å². The molecule has 1 aromatic carbocycles. The molecule has 0 bridgehead atoms. The van der Waals surface area contributed by atoms with Crippen molar-refractivity contribution in [3.63, 3.8) is 0 Å². The molecular formula is C13H16ClFN4. The third kappa shape index (κ3) is 2.66. The van der Waals surface area contributed by atoms with E-state index in [0.29, 0.717) is 17.9 Å². The highest BCUT2D eigenvalue weighted by Crippen LogP contribution is 2.27. The predicted molar refractivity (Wildman–Crippen MR) is 75.8 cm³/mol. The van der Waals surface area contributed by atoms with Crippen molar-refractivity contribution in [1.82, 2.24) is 9.78 Å². The molecule has 1 heterocycles.